The van der Waals surface area contributed by atoms with E-state index in [0.29, 0.717) is 23.5 Å². The van der Waals surface area contributed by atoms with E-state index in [4.69, 9.17) is 32.7 Å². The molecule has 0 bridgehead atoms. The molecule has 3 nitrogen and oxygen atoms in total. The lowest BCUT2D eigenvalue weighted by Gasteiger charge is -2.41. The van der Waals surface area contributed by atoms with Crippen LogP contribution in [0.2, 0.25) is 10.0 Å². The Morgan fingerprint density at radius 1 is 1.20 bits per heavy atom. The molecule has 1 fully saturated rings. The Morgan fingerprint density at radius 2 is 1.90 bits per heavy atom. The van der Waals surface area contributed by atoms with Crippen LogP contribution in [0.5, 0.6) is 11.5 Å². The van der Waals surface area contributed by atoms with Crippen LogP contribution in [0.25, 0.3) is 0 Å². The number of hydrogen-bond acceptors (Lipinski definition) is 3. The number of ketones is 1. The van der Waals surface area contributed by atoms with Gasteiger partial charge in [0.25, 0.3) is 0 Å². The molecule has 20 heavy (non-hydrogen) atoms. The highest BCUT2D eigenvalue weighted by Gasteiger charge is 2.42. The van der Waals surface area contributed by atoms with E-state index in [9.17, 15) is 4.79 Å². The fourth-order valence-corrected chi connectivity index (χ4v) is 3.71. The molecule has 0 aromatic heterocycles. The maximum absolute atomic E-state index is 12.5. The Morgan fingerprint density at radius 3 is 2.55 bits per heavy atom. The Bertz CT molecular complexity index is 563. The van der Waals surface area contributed by atoms with Gasteiger partial charge in [-0.3, -0.25) is 4.79 Å². The Labute approximate surface area is 128 Å². The molecule has 0 radical (unpaired) electrons. The van der Waals surface area contributed by atoms with Gasteiger partial charge >= 0.3 is 0 Å². The third-order valence-corrected chi connectivity index (χ3v) is 5.06. The van der Waals surface area contributed by atoms with Gasteiger partial charge in [0.2, 0.25) is 0 Å². The minimum absolute atomic E-state index is 0.0164. The summed E-state index contributed by atoms with van der Waals surface area (Å²) in [7, 11) is 1.52. The van der Waals surface area contributed by atoms with Crippen molar-refractivity contribution in [1.29, 1.82) is 0 Å². The average Bonchev–Trinajstić information content (AvgIpc) is 2.43. The molecule has 5 heteroatoms. The standard InChI is InChI=1S/C15H16Cl2O3/c1-19-11-7-10-12(14(17)13(11)16)9(18)8-15(20-10)5-3-2-4-6-15/h7H,2-6,8H2,1H3. The van der Waals surface area contributed by atoms with Crippen molar-refractivity contribution < 1.29 is 14.3 Å². The Kier molecular flexibility index (Phi) is 3.59. The number of halogens is 2. The molecule has 1 heterocycles. The summed E-state index contributed by atoms with van der Waals surface area (Å²) >= 11 is 12.3. The number of rotatable bonds is 1. The van der Waals surface area contributed by atoms with Crippen LogP contribution in [-0.2, 0) is 0 Å². The summed E-state index contributed by atoms with van der Waals surface area (Å²) in [5.41, 5.74) is 0.0403. The second-order valence-corrected chi connectivity index (χ2v) is 6.28. The lowest BCUT2D eigenvalue weighted by molar-refractivity contribution is 0.0135. The summed E-state index contributed by atoms with van der Waals surface area (Å²) in [6, 6.07) is 1.68. The first-order valence-corrected chi connectivity index (χ1v) is 7.60. The smallest absolute Gasteiger partial charge is 0.172 e. The maximum atomic E-state index is 12.5. The van der Waals surface area contributed by atoms with Gasteiger partial charge in [0.1, 0.15) is 22.1 Å². The molecule has 1 aliphatic carbocycles. The van der Waals surface area contributed by atoms with Crippen LogP contribution < -0.4 is 9.47 Å². The zero-order valence-corrected chi connectivity index (χ0v) is 12.8. The molecule has 108 valence electrons. The zero-order chi connectivity index (χ0) is 14.3. The highest BCUT2D eigenvalue weighted by Crippen LogP contribution is 2.48. The van der Waals surface area contributed by atoms with E-state index in [-0.39, 0.29) is 21.4 Å². The molecule has 0 atom stereocenters. The predicted octanol–water partition coefficient (Wildman–Crippen LogP) is 4.67. The lowest BCUT2D eigenvalue weighted by atomic mass is 9.78. The first-order valence-electron chi connectivity index (χ1n) is 6.84. The molecule has 1 aromatic rings. The first kappa shape index (κ1) is 14.0. The summed E-state index contributed by atoms with van der Waals surface area (Å²) in [6.45, 7) is 0. The van der Waals surface area contributed by atoms with E-state index in [1.807, 2.05) is 0 Å². The van der Waals surface area contributed by atoms with E-state index in [1.54, 1.807) is 6.07 Å². The van der Waals surface area contributed by atoms with Crippen LogP contribution in [0.4, 0.5) is 0 Å². The van der Waals surface area contributed by atoms with E-state index >= 15 is 0 Å². The van der Waals surface area contributed by atoms with Gasteiger partial charge in [-0.2, -0.15) is 0 Å². The fourth-order valence-electron chi connectivity index (χ4n) is 3.19. The number of fused-ring (bicyclic) bond motifs is 1. The second kappa shape index (κ2) is 5.12. The largest absolute Gasteiger partial charge is 0.495 e. The van der Waals surface area contributed by atoms with Crippen molar-refractivity contribution in [2.75, 3.05) is 7.11 Å². The summed E-state index contributed by atoms with van der Waals surface area (Å²) in [5.74, 6) is 0.966. The van der Waals surface area contributed by atoms with E-state index in [0.717, 1.165) is 25.7 Å². The van der Waals surface area contributed by atoms with Gasteiger partial charge in [-0.05, 0) is 25.7 Å². The second-order valence-electron chi connectivity index (χ2n) is 5.53. The van der Waals surface area contributed by atoms with E-state index < -0.39 is 0 Å². The minimum Gasteiger partial charge on any atom is -0.495 e. The van der Waals surface area contributed by atoms with Crippen molar-refractivity contribution in [3.63, 3.8) is 0 Å². The number of ether oxygens (including phenoxy) is 2. The highest BCUT2D eigenvalue weighted by molar-refractivity contribution is 6.45. The molecule has 0 amide bonds. The molecule has 0 saturated heterocycles. The normalized spacial score (nSPS) is 20.4. The number of carbonyl (C=O) groups excluding carboxylic acids is 1. The molecule has 3 rings (SSSR count). The lowest BCUT2D eigenvalue weighted by Crippen LogP contribution is -2.43. The van der Waals surface area contributed by atoms with Crippen LogP contribution >= 0.6 is 23.2 Å². The number of methoxy groups -OCH3 is 1. The molecule has 1 saturated carbocycles. The van der Waals surface area contributed by atoms with Crippen LogP contribution in [0.3, 0.4) is 0 Å². The molecule has 1 aromatic carbocycles. The number of hydrogen-bond donors (Lipinski definition) is 0. The van der Waals surface area contributed by atoms with Crippen molar-refractivity contribution >= 4 is 29.0 Å². The van der Waals surface area contributed by atoms with E-state index in [2.05, 4.69) is 0 Å². The molecule has 1 spiro atoms. The number of benzene rings is 1. The third kappa shape index (κ3) is 2.17. The SMILES string of the molecule is COc1cc2c(c(Cl)c1Cl)C(=O)CC1(CCCCC1)O2. The Balaban J connectivity index is 2.07. The zero-order valence-electron chi connectivity index (χ0n) is 11.3. The number of carbonyl (C=O) groups is 1. The van der Waals surface area contributed by atoms with E-state index in [1.165, 1.54) is 13.5 Å². The van der Waals surface area contributed by atoms with Gasteiger partial charge in [0, 0.05) is 6.07 Å². The van der Waals surface area contributed by atoms with Crippen molar-refractivity contribution in [1.82, 2.24) is 0 Å². The van der Waals surface area contributed by atoms with Crippen LogP contribution in [-0.4, -0.2) is 18.5 Å². The van der Waals surface area contributed by atoms with Crippen molar-refractivity contribution in [3.05, 3.63) is 21.7 Å². The van der Waals surface area contributed by atoms with Crippen molar-refractivity contribution in [3.8, 4) is 11.5 Å². The van der Waals surface area contributed by atoms with Gasteiger partial charge in [-0.25, -0.2) is 0 Å². The van der Waals surface area contributed by atoms with Gasteiger partial charge in [-0.15, -0.1) is 0 Å². The van der Waals surface area contributed by atoms with Gasteiger partial charge in [0.05, 0.1) is 24.1 Å². The predicted molar refractivity (Wildman–Crippen MR) is 78.4 cm³/mol. The van der Waals surface area contributed by atoms with Gasteiger partial charge < -0.3 is 9.47 Å². The first-order chi connectivity index (χ1) is 9.56. The maximum Gasteiger partial charge on any atom is 0.172 e. The fraction of sp³-hybridized carbons (Fsp3) is 0.533. The van der Waals surface area contributed by atoms with Crippen molar-refractivity contribution in [2.45, 2.75) is 44.1 Å². The highest BCUT2D eigenvalue weighted by atomic mass is 35.5. The topological polar surface area (TPSA) is 35.5 Å². The van der Waals surface area contributed by atoms with Crippen molar-refractivity contribution in [2.24, 2.45) is 0 Å². The van der Waals surface area contributed by atoms with Gasteiger partial charge in [-0.1, -0.05) is 29.6 Å². The summed E-state index contributed by atoms with van der Waals surface area (Å²) < 4.78 is 11.4. The minimum atomic E-state index is -0.357. The molecular formula is C15H16Cl2O3. The molecular weight excluding hydrogens is 299 g/mol. The monoisotopic (exact) mass is 314 g/mol. The Hall–Kier alpha value is -0.930. The summed E-state index contributed by atoms with van der Waals surface area (Å²) in [4.78, 5) is 12.5. The van der Waals surface area contributed by atoms with Gasteiger partial charge in [0.15, 0.2) is 5.78 Å². The molecule has 1 aliphatic heterocycles. The number of Topliss-reactive ketones (excluding diaryl/α,β-unsaturated/α-hetero) is 1. The van der Waals surface area contributed by atoms with Crippen LogP contribution in [0.1, 0.15) is 48.9 Å². The average molecular weight is 315 g/mol. The quantitative estimate of drug-likeness (QED) is 0.755. The molecule has 2 aliphatic rings. The molecule has 0 unspecified atom stereocenters. The third-order valence-electron chi connectivity index (χ3n) is 4.21. The van der Waals surface area contributed by atoms with Crippen LogP contribution in [0, 0.1) is 0 Å². The molecule has 0 N–H and O–H groups in total. The summed E-state index contributed by atoms with van der Waals surface area (Å²) in [5, 5.41) is 0.501. The van der Waals surface area contributed by atoms with Crippen LogP contribution in [0.15, 0.2) is 6.07 Å². The summed E-state index contributed by atoms with van der Waals surface area (Å²) in [6.07, 6.45) is 5.63.